The second-order valence-corrected chi connectivity index (χ2v) is 6.92. The zero-order valence-corrected chi connectivity index (χ0v) is 12.5. The number of anilines is 2. The second-order valence-electron chi connectivity index (χ2n) is 6.92. The molecule has 0 bridgehead atoms. The van der Waals surface area contributed by atoms with Crippen LogP contribution >= 0.6 is 0 Å². The van der Waals surface area contributed by atoms with Gasteiger partial charge in [-0.05, 0) is 68.1 Å². The Morgan fingerprint density at radius 3 is 2.95 bits per heavy atom. The van der Waals surface area contributed by atoms with Gasteiger partial charge in [-0.1, -0.05) is 6.07 Å². The monoisotopic (exact) mass is 285 g/mol. The van der Waals surface area contributed by atoms with Crippen molar-refractivity contribution in [3.8, 4) is 0 Å². The lowest BCUT2D eigenvalue weighted by Crippen LogP contribution is -2.34. The van der Waals surface area contributed by atoms with E-state index in [0.717, 1.165) is 35.5 Å². The minimum atomic E-state index is -0.352. The number of amides is 2. The molecular weight excluding hydrogens is 262 g/mol. The van der Waals surface area contributed by atoms with Crippen molar-refractivity contribution in [2.24, 2.45) is 23.5 Å². The summed E-state index contributed by atoms with van der Waals surface area (Å²) in [5, 5.41) is 3.63. The molecule has 112 valence electrons. The molecule has 4 nitrogen and oxygen atoms in total. The molecular formula is C17H23N3O. The van der Waals surface area contributed by atoms with Gasteiger partial charge in [-0.2, -0.15) is 0 Å². The van der Waals surface area contributed by atoms with Crippen LogP contribution in [-0.4, -0.2) is 18.6 Å². The highest BCUT2D eigenvalue weighted by atomic mass is 16.2. The number of fused-ring (bicyclic) bond motifs is 1. The van der Waals surface area contributed by atoms with E-state index in [1.807, 2.05) is 0 Å². The Hall–Kier alpha value is -1.71. The highest BCUT2D eigenvalue weighted by Crippen LogP contribution is 2.55. The zero-order valence-electron chi connectivity index (χ0n) is 12.5. The number of nitrogens with one attached hydrogen (secondary N) is 1. The van der Waals surface area contributed by atoms with E-state index in [1.54, 1.807) is 4.90 Å². The van der Waals surface area contributed by atoms with Crippen LogP contribution in [0.1, 0.15) is 31.7 Å². The van der Waals surface area contributed by atoms with E-state index in [1.165, 1.54) is 24.8 Å². The molecule has 3 aliphatic rings. The highest BCUT2D eigenvalue weighted by Gasteiger charge is 2.49. The van der Waals surface area contributed by atoms with Gasteiger partial charge in [0.25, 0.3) is 0 Å². The van der Waals surface area contributed by atoms with Crippen molar-refractivity contribution < 1.29 is 4.79 Å². The third-order valence-electron chi connectivity index (χ3n) is 5.40. The molecule has 4 heteroatoms. The molecule has 1 aliphatic heterocycles. The van der Waals surface area contributed by atoms with Gasteiger partial charge in [0, 0.05) is 18.3 Å². The summed E-state index contributed by atoms with van der Waals surface area (Å²) in [5.41, 5.74) is 8.75. The van der Waals surface area contributed by atoms with Gasteiger partial charge in [0.15, 0.2) is 0 Å². The van der Waals surface area contributed by atoms with E-state index in [4.69, 9.17) is 5.73 Å². The Labute approximate surface area is 125 Å². The summed E-state index contributed by atoms with van der Waals surface area (Å²) in [4.78, 5) is 13.1. The molecule has 2 amide bonds. The van der Waals surface area contributed by atoms with Gasteiger partial charge in [0.1, 0.15) is 0 Å². The molecule has 4 rings (SSSR count). The number of benzene rings is 1. The normalized spacial score (nSPS) is 28.1. The number of hydrogen-bond donors (Lipinski definition) is 2. The molecule has 3 atom stereocenters. The van der Waals surface area contributed by atoms with E-state index >= 15 is 0 Å². The Morgan fingerprint density at radius 1 is 1.43 bits per heavy atom. The van der Waals surface area contributed by atoms with Gasteiger partial charge in [-0.3, -0.25) is 4.90 Å². The van der Waals surface area contributed by atoms with Crippen LogP contribution in [-0.2, 0) is 6.42 Å². The van der Waals surface area contributed by atoms with Crippen LogP contribution < -0.4 is 16.0 Å². The first-order chi connectivity index (χ1) is 10.1. The Morgan fingerprint density at radius 2 is 2.24 bits per heavy atom. The molecule has 0 saturated heterocycles. The second kappa shape index (κ2) is 4.65. The van der Waals surface area contributed by atoms with Gasteiger partial charge in [-0.15, -0.1) is 0 Å². The van der Waals surface area contributed by atoms with Crippen LogP contribution in [0.4, 0.5) is 16.2 Å². The first-order valence-corrected chi connectivity index (χ1v) is 8.10. The van der Waals surface area contributed by atoms with Crippen LogP contribution in [0.5, 0.6) is 0 Å². The molecule has 1 heterocycles. The number of carbonyl (C=O) groups excluding carboxylic acids is 1. The Kier molecular flexibility index (Phi) is 2.88. The summed E-state index contributed by atoms with van der Waals surface area (Å²) in [6.45, 7) is 2.99. The molecule has 1 unspecified atom stereocenters. The van der Waals surface area contributed by atoms with Crippen LogP contribution in [0, 0.1) is 17.8 Å². The van der Waals surface area contributed by atoms with Crippen molar-refractivity contribution in [2.45, 2.75) is 38.6 Å². The summed E-state index contributed by atoms with van der Waals surface area (Å²) >= 11 is 0. The van der Waals surface area contributed by atoms with Crippen molar-refractivity contribution in [1.82, 2.24) is 0 Å². The van der Waals surface area contributed by atoms with E-state index < -0.39 is 0 Å². The number of nitrogens with two attached hydrogens (primary N) is 1. The predicted octanol–water partition coefficient (Wildman–Crippen LogP) is 2.97. The van der Waals surface area contributed by atoms with Crippen LogP contribution in [0.25, 0.3) is 0 Å². The highest BCUT2D eigenvalue weighted by molar-refractivity contribution is 5.93. The fourth-order valence-electron chi connectivity index (χ4n) is 3.94. The number of carbonyl (C=O) groups is 1. The molecule has 1 aromatic carbocycles. The standard InChI is InChI=1S/C17H23N3O/c1-10(14-9-15(14)11-2-3-11)19-13-5-4-12-6-7-20(17(18)21)16(12)8-13/h4-5,8,10-11,14-15,19H,2-3,6-7,9H2,1H3,(H2,18,21)/t10?,14-,15-/m0/s1. The topological polar surface area (TPSA) is 58.4 Å². The zero-order chi connectivity index (χ0) is 14.6. The quantitative estimate of drug-likeness (QED) is 0.893. The van der Waals surface area contributed by atoms with Crippen LogP contribution in [0.2, 0.25) is 0 Å². The SMILES string of the molecule is CC(Nc1ccc2c(c1)N(C(N)=O)CC2)[C@@H]1C[C@H]1C1CC1. The molecule has 2 aliphatic carbocycles. The van der Waals surface area contributed by atoms with Gasteiger partial charge < -0.3 is 11.1 Å². The molecule has 2 saturated carbocycles. The lowest BCUT2D eigenvalue weighted by atomic mass is 10.1. The molecule has 0 radical (unpaired) electrons. The smallest absolute Gasteiger partial charge is 0.319 e. The van der Waals surface area contributed by atoms with Gasteiger partial charge in [0.05, 0.1) is 5.69 Å². The summed E-state index contributed by atoms with van der Waals surface area (Å²) in [6.07, 6.45) is 5.18. The fraction of sp³-hybridized carbons (Fsp3) is 0.588. The number of nitrogens with zero attached hydrogens (tertiary/aromatic N) is 1. The Bertz CT molecular complexity index is 581. The lowest BCUT2D eigenvalue weighted by Gasteiger charge is -2.18. The largest absolute Gasteiger partial charge is 0.382 e. The maximum atomic E-state index is 11.5. The number of primary amides is 1. The van der Waals surface area contributed by atoms with Crippen LogP contribution in [0.15, 0.2) is 18.2 Å². The average Bonchev–Trinajstić information content (AvgIpc) is 3.32. The summed E-state index contributed by atoms with van der Waals surface area (Å²) in [7, 11) is 0. The minimum Gasteiger partial charge on any atom is -0.382 e. The van der Waals surface area contributed by atoms with Crippen molar-refractivity contribution >= 4 is 17.4 Å². The molecule has 3 N–H and O–H groups in total. The van der Waals surface area contributed by atoms with Crippen molar-refractivity contribution in [1.29, 1.82) is 0 Å². The average molecular weight is 285 g/mol. The van der Waals surface area contributed by atoms with Gasteiger partial charge in [-0.25, -0.2) is 4.79 Å². The fourth-order valence-corrected chi connectivity index (χ4v) is 3.94. The van der Waals surface area contributed by atoms with E-state index in [2.05, 4.69) is 30.4 Å². The van der Waals surface area contributed by atoms with E-state index in [9.17, 15) is 4.79 Å². The Balaban J connectivity index is 1.46. The third-order valence-corrected chi connectivity index (χ3v) is 5.40. The van der Waals surface area contributed by atoms with Gasteiger partial charge >= 0.3 is 6.03 Å². The maximum absolute atomic E-state index is 11.5. The first-order valence-electron chi connectivity index (χ1n) is 8.10. The molecule has 21 heavy (non-hydrogen) atoms. The summed E-state index contributed by atoms with van der Waals surface area (Å²) in [5.74, 6) is 2.81. The maximum Gasteiger partial charge on any atom is 0.319 e. The van der Waals surface area contributed by atoms with Crippen LogP contribution in [0.3, 0.4) is 0 Å². The molecule has 0 aromatic heterocycles. The number of urea groups is 1. The molecule has 0 spiro atoms. The summed E-state index contributed by atoms with van der Waals surface area (Å²) in [6, 6.07) is 6.50. The van der Waals surface area contributed by atoms with Gasteiger partial charge in [0.2, 0.25) is 0 Å². The van der Waals surface area contributed by atoms with Crippen molar-refractivity contribution in [3.05, 3.63) is 23.8 Å². The van der Waals surface area contributed by atoms with Crippen molar-refractivity contribution in [2.75, 3.05) is 16.8 Å². The van der Waals surface area contributed by atoms with E-state index in [-0.39, 0.29) is 6.03 Å². The lowest BCUT2D eigenvalue weighted by molar-refractivity contribution is 0.254. The predicted molar refractivity (Wildman–Crippen MR) is 84.5 cm³/mol. The number of hydrogen-bond acceptors (Lipinski definition) is 2. The van der Waals surface area contributed by atoms with E-state index in [0.29, 0.717) is 12.6 Å². The third kappa shape index (κ3) is 2.37. The summed E-state index contributed by atoms with van der Waals surface area (Å²) < 4.78 is 0. The minimum absolute atomic E-state index is 0.352. The molecule has 1 aromatic rings. The molecule has 2 fully saturated rings. The number of rotatable bonds is 4. The first kappa shape index (κ1) is 13.0. The van der Waals surface area contributed by atoms with Crippen molar-refractivity contribution in [3.63, 3.8) is 0 Å².